The summed E-state index contributed by atoms with van der Waals surface area (Å²) in [6.07, 6.45) is 3.58. The third-order valence-electron chi connectivity index (χ3n) is 4.78. The number of carbonyl (C=O) groups excluding carboxylic acids is 2. The Morgan fingerprint density at radius 3 is 2.27 bits per heavy atom. The highest BCUT2D eigenvalue weighted by atomic mass is 16.5. The van der Waals surface area contributed by atoms with E-state index in [4.69, 9.17) is 18.6 Å². The van der Waals surface area contributed by atoms with E-state index in [0.29, 0.717) is 35.7 Å². The van der Waals surface area contributed by atoms with E-state index in [1.165, 1.54) is 12.1 Å². The molecule has 172 valence electrons. The molecule has 0 aliphatic carbocycles. The minimum atomic E-state index is -0.522. The summed E-state index contributed by atoms with van der Waals surface area (Å²) in [6.45, 7) is 6.12. The predicted molar refractivity (Wildman–Crippen MR) is 124 cm³/mol. The van der Waals surface area contributed by atoms with Gasteiger partial charge in [0.15, 0.2) is 0 Å². The van der Waals surface area contributed by atoms with Gasteiger partial charge in [-0.25, -0.2) is 14.4 Å². The summed E-state index contributed by atoms with van der Waals surface area (Å²) in [5.74, 6) is 0.0776. The van der Waals surface area contributed by atoms with Crippen molar-refractivity contribution >= 4 is 22.9 Å². The number of rotatable bonds is 11. The molecule has 0 aliphatic rings. The number of esters is 2. The molecule has 0 bridgehead atoms. The Balaban J connectivity index is 1.39. The third-order valence-corrected chi connectivity index (χ3v) is 4.78. The lowest BCUT2D eigenvalue weighted by Gasteiger charge is -2.08. The smallest absolute Gasteiger partial charge is 0.343 e. The molecule has 0 amide bonds. The number of fused-ring (bicyclic) bond motifs is 1. The minimum Gasteiger partial charge on any atom is -0.494 e. The van der Waals surface area contributed by atoms with E-state index < -0.39 is 11.6 Å². The fraction of sp³-hybridized carbons (Fsp3) is 0.269. The SMILES string of the molecule is C=C(C)C(=O)OCCCCCCOc1ccc(C(=O)Oc2ccc3ccc(=O)oc3c2)cc1. The van der Waals surface area contributed by atoms with E-state index in [0.717, 1.165) is 31.1 Å². The van der Waals surface area contributed by atoms with Crippen molar-refractivity contribution < 1.29 is 28.2 Å². The molecule has 0 saturated carbocycles. The average Bonchev–Trinajstić information content (AvgIpc) is 2.80. The van der Waals surface area contributed by atoms with Gasteiger partial charge >= 0.3 is 17.6 Å². The Labute approximate surface area is 191 Å². The third kappa shape index (κ3) is 7.35. The fourth-order valence-corrected chi connectivity index (χ4v) is 2.99. The van der Waals surface area contributed by atoms with Crippen molar-refractivity contribution in [3.8, 4) is 11.5 Å². The summed E-state index contributed by atoms with van der Waals surface area (Å²) in [5, 5.41) is 0.738. The van der Waals surface area contributed by atoms with Crippen LogP contribution in [-0.2, 0) is 9.53 Å². The largest absolute Gasteiger partial charge is 0.494 e. The summed E-state index contributed by atoms with van der Waals surface area (Å²) in [7, 11) is 0. The van der Waals surface area contributed by atoms with E-state index in [9.17, 15) is 14.4 Å². The zero-order chi connectivity index (χ0) is 23.6. The topological polar surface area (TPSA) is 92.0 Å². The molecule has 3 aromatic rings. The molecule has 7 nitrogen and oxygen atoms in total. The number of hydrogen-bond acceptors (Lipinski definition) is 7. The monoisotopic (exact) mass is 450 g/mol. The van der Waals surface area contributed by atoms with Gasteiger partial charge in [0.05, 0.1) is 18.8 Å². The van der Waals surface area contributed by atoms with Crippen molar-refractivity contribution in [3.63, 3.8) is 0 Å². The lowest BCUT2D eigenvalue weighted by atomic mass is 10.2. The van der Waals surface area contributed by atoms with Crippen LogP contribution in [0.5, 0.6) is 11.5 Å². The second-order valence-corrected chi connectivity index (χ2v) is 7.55. The summed E-state index contributed by atoms with van der Waals surface area (Å²) in [6, 6.07) is 14.5. The molecule has 0 unspecified atom stereocenters. The zero-order valence-electron chi connectivity index (χ0n) is 18.5. The van der Waals surface area contributed by atoms with Gasteiger partial charge in [-0.15, -0.1) is 0 Å². The molecule has 3 rings (SSSR count). The Bertz CT molecular complexity index is 1180. The normalized spacial score (nSPS) is 10.6. The number of unbranched alkanes of at least 4 members (excludes halogenated alkanes) is 3. The lowest BCUT2D eigenvalue weighted by Crippen LogP contribution is -2.08. The molecule has 1 heterocycles. The standard InChI is InChI=1S/C26H26O7/c1-18(2)25(28)31-16-6-4-3-5-15-30-21-11-8-20(9-12-21)26(29)32-22-13-7-19-10-14-24(27)33-23(19)17-22/h7-14,17H,1,3-6,15-16H2,2H3. The van der Waals surface area contributed by atoms with Crippen molar-refractivity contribution in [1.82, 2.24) is 0 Å². The Hall–Kier alpha value is -3.87. The average molecular weight is 450 g/mol. The molecule has 0 radical (unpaired) electrons. The van der Waals surface area contributed by atoms with Crippen molar-refractivity contribution in [3.05, 3.63) is 82.7 Å². The van der Waals surface area contributed by atoms with Gasteiger partial charge in [0, 0.05) is 23.1 Å². The van der Waals surface area contributed by atoms with Crippen LogP contribution in [0.15, 0.2) is 76.0 Å². The first-order valence-electron chi connectivity index (χ1n) is 10.7. The Morgan fingerprint density at radius 1 is 0.879 bits per heavy atom. The summed E-state index contributed by atoms with van der Waals surface area (Å²) in [4.78, 5) is 35.0. The maximum Gasteiger partial charge on any atom is 0.343 e. The van der Waals surface area contributed by atoms with Gasteiger partial charge in [0.1, 0.15) is 17.1 Å². The summed E-state index contributed by atoms with van der Waals surface area (Å²) in [5.41, 5.74) is 0.669. The first-order chi connectivity index (χ1) is 15.9. The van der Waals surface area contributed by atoms with E-state index in [-0.39, 0.29) is 11.7 Å². The zero-order valence-corrected chi connectivity index (χ0v) is 18.5. The van der Waals surface area contributed by atoms with Gasteiger partial charge in [-0.05, 0) is 75.1 Å². The first-order valence-corrected chi connectivity index (χ1v) is 10.7. The van der Waals surface area contributed by atoms with Crippen molar-refractivity contribution in [2.24, 2.45) is 0 Å². The maximum absolute atomic E-state index is 12.4. The number of hydrogen-bond donors (Lipinski definition) is 0. The van der Waals surface area contributed by atoms with Crippen LogP contribution in [0.4, 0.5) is 0 Å². The van der Waals surface area contributed by atoms with E-state index in [1.54, 1.807) is 49.4 Å². The maximum atomic E-state index is 12.4. The second kappa shape index (κ2) is 11.7. The van der Waals surface area contributed by atoms with E-state index in [2.05, 4.69) is 6.58 Å². The molecular weight excluding hydrogens is 424 g/mol. The Kier molecular flexibility index (Phi) is 8.41. The second-order valence-electron chi connectivity index (χ2n) is 7.55. The molecule has 7 heteroatoms. The summed E-state index contributed by atoms with van der Waals surface area (Å²) < 4.78 is 21.2. The highest BCUT2D eigenvalue weighted by Crippen LogP contribution is 2.21. The van der Waals surface area contributed by atoms with Gasteiger partial charge in [-0.1, -0.05) is 6.58 Å². The highest BCUT2D eigenvalue weighted by Gasteiger charge is 2.10. The Morgan fingerprint density at radius 2 is 1.55 bits per heavy atom. The molecule has 0 fully saturated rings. The first kappa shape index (κ1) is 23.8. The molecule has 0 aliphatic heterocycles. The van der Waals surface area contributed by atoms with Crippen LogP contribution in [0, 0.1) is 0 Å². The minimum absolute atomic E-state index is 0.288. The number of benzene rings is 2. The highest BCUT2D eigenvalue weighted by molar-refractivity contribution is 5.91. The number of ether oxygens (including phenoxy) is 3. The summed E-state index contributed by atoms with van der Waals surface area (Å²) >= 11 is 0. The molecule has 33 heavy (non-hydrogen) atoms. The van der Waals surface area contributed by atoms with Crippen molar-refractivity contribution in [2.75, 3.05) is 13.2 Å². The van der Waals surface area contributed by atoms with Gasteiger partial charge in [0.25, 0.3) is 0 Å². The lowest BCUT2D eigenvalue weighted by molar-refractivity contribution is -0.139. The molecule has 1 aromatic heterocycles. The van der Waals surface area contributed by atoms with Crippen LogP contribution in [0.3, 0.4) is 0 Å². The van der Waals surface area contributed by atoms with Crippen LogP contribution in [-0.4, -0.2) is 25.2 Å². The molecule has 2 aromatic carbocycles. The van der Waals surface area contributed by atoms with Gasteiger partial charge < -0.3 is 18.6 Å². The molecule has 0 spiro atoms. The van der Waals surface area contributed by atoms with Crippen LogP contribution < -0.4 is 15.1 Å². The van der Waals surface area contributed by atoms with Gasteiger partial charge in [-0.2, -0.15) is 0 Å². The molecule has 0 atom stereocenters. The van der Waals surface area contributed by atoms with Crippen LogP contribution in [0.25, 0.3) is 11.0 Å². The van der Waals surface area contributed by atoms with Crippen LogP contribution in [0.1, 0.15) is 43.0 Å². The molecular formula is C26H26O7. The number of carbonyl (C=O) groups is 2. The van der Waals surface area contributed by atoms with E-state index in [1.807, 2.05) is 0 Å². The van der Waals surface area contributed by atoms with Gasteiger partial charge in [0.2, 0.25) is 0 Å². The predicted octanol–water partition coefficient (Wildman–Crippen LogP) is 5.07. The quantitative estimate of drug-likeness (QED) is 0.132. The van der Waals surface area contributed by atoms with Crippen LogP contribution in [0.2, 0.25) is 0 Å². The molecule has 0 saturated heterocycles. The van der Waals surface area contributed by atoms with Crippen LogP contribution >= 0.6 is 0 Å². The van der Waals surface area contributed by atoms with E-state index >= 15 is 0 Å². The van der Waals surface area contributed by atoms with Gasteiger partial charge in [-0.3, -0.25) is 0 Å². The van der Waals surface area contributed by atoms with Crippen molar-refractivity contribution in [1.29, 1.82) is 0 Å². The fourth-order valence-electron chi connectivity index (χ4n) is 2.99. The molecule has 0 N–H and O–H groups in total. The van der Waals surface area contributed by atoms with Crippen molar-refractivity contribution in [2.45, 2.75) is 32.6 Å².